The van der Waals surface area contributed by atoms with Crippen molar-refractivity contribution in [2.45, 2.75) is 9.92 Å². The van der Waals surface area contributed by atoms with Crippen LogP contribution in [0.15, 0.2) is 49.8 Å². The number of carboxylic acid groups (broad SMARTS) is 1. The first-order valence-electron chi connectivity index (χ1n) is 4.81. The Kier molecular flexibility index (Phi) is 3.83. The van der Waals surface area contributed by atoms with Crippen LogP contribution in [0.2, 0.25) is 0 Å². The molecule has 1 aromatic carbocycles. The highest BCUT2D eigenvalue weighted by Gasteiger charge is 2.10. The molecule has 0 radical (unpaired) electrons. The van der Waals surface area contributed by atoms with E-state index < -0.39 is 5.97 Å². The summed E-state index contributed by atoms with van der Waals surface area (Å²) in [5.74, 6) is -1.01. The molecule has 2 rings (SSSR count). The van der Waals surface area contributed by atoms with Gasteiger partial charge >= 0.3 is 5.97 Å². The minimum absolute atomic E-state index is 0.171. The predicted octanol–water partition coefficient (Wildman–Crippen LogP) is 2.38. The minimum Gasteiger partial charge on any atom is -0.478 e. The number of aromatic nitrogens is 2. The van der Waals surface area contributed by atoms with Crippen LogP contribution in [-0.2, 0) is 0 Å². The molecule has 0 aliphatic heterocycles. The number of hydrogen-bond donors (Lipinski definition) is 2. The molecule has 1 heterocycles. The standard InChI is InChI=1S/C11H7BrN2O3S/c12-8-2-1-6(3-7(8)11(16)17)18-10-4-9(15)13-5-14-10/h1-5H,(H,16,17)(H,13,14,15). The molecule has 0 bridgehead atoms. The summed E-state index contributed by atoms with van der Waals surface area (Å²) in [7, 11) is 0. The average Bonchev–Trinajstić information content (AvgIpc) is 2.31. The normalized spacial score (nSPS) is 10.3. The zero-order valence-electron chi connectivity index (χ0n) is 8.88. The van der Waals surface area contributed by atoms with Gasteiger partial charge in [-0.05, 0) is 34.1 Å². The zero-order chi connectivity index (χ0) is 13.1. The number of H-pyrrole nitrogens is 1. The number of hydrogen-bond acceptors (Lipinski definition) is 4. The molecular weight excluding hydrogens is 320 g/mol. The monoisotopic (exact) mass is 326 g/mol. The fourth-order valence-corrected chi connectivity index (χ4v) is 2.50. The van der Waals surface area contributed by atoms with Crippen molar-refractivity contribution in [2.75, 3.05) is 0 Å². The summed E-state index contributed by atoms with van der Waals surface area (Å²) in [4.78, 5) is 29.2. The maximum Gasteiger partial charge on any atom is 0.336 e. The molecule has 2 aromatic rings. The van der Waals surface area contributed by atoms with E-state index in [1.54, 1.807) is 12.1 Å². The largest absolute Gasteiger partial charge is 0.478 e. The number of aromatic amines is 1. The molecule has 0 fully saturated rings. The quantitative estimate of drug-likeness (QED) is 0.846. The van der Waals surface area contributed by atoms with Gasteiger partial charge in [-0.1, -0.05) is 11.8 Å². The van der Waals surface area contributed by atoms with Crippen LogP contribution < -0.4 is 5.56 Å². The molecule has 2 N–H and O–H groups in total. The van der Waals surface area contributed by atoms with Crippen LogP contribution in [0, 0.1) is 0 Å². The van der Waals surface area contributed by atoms with Gasteiger partial charge in [0.05, 0.1) is 11.9 Å². The highest BCUT2D eigenvalue weighted by Crippen LogP contribution is 2.28. The Balaban J connectivity index is 2.33. The molecule has 92 valence electrons. The summed E-state index contributed by atoms with van der Waals surface area (Å²) in [5.41, 5.74) is -0.0760. The lowest BCUT2D eigenvalue weighted by molar-refractivity contribution is 0.0695. The maximum atomic E-state index is 11.1. The molecule has 0 aliphatic carbocycles. The summed E-state index contributed by atoms with van der Waals surface area (Å²) >= 11 is 4.39. The van der Waals surface area contributed by atoms with Crippen LogP contribution in [0.3, 0.4) is 0 Å². The second-order valence-corrected chi connectivity index (χ2v) is 5.25. The molecule has 0 saturated heterocycles. The van der Waals surface area contributed by atoms with Crippen LogP contribution in [0.25, 0.3) is 0 Å². The van der Waals surface area contributed by atoms with Crippen LogP contribution in [0.5, 0.6) is 0 Å². The third-order valence-electron chi connectivity index (χ3n) is 2.04. The van der Waals surface area contributed by atoms with Crippen molar-refractivity contribution in [3.05, 3.63) is 51.0 Å². The van der Waals surface area contributed by atoms with Crippen molar-refractivity contribution in [1.82, 2.24) is 9.97 Å². The molecular formula is C11H7BrN2O3S. The minimum atomic E-state index is -1.01. The van der Waals surface area contributed by atoms with Gasteiger partial charge in [0.1, 0.15) is 5.03 Å². The molecule has 0 atom stereocenters. The van der Waals surface area contributed by atoms with E-state index in [1.165, 1.54) is 30.2 Å². The molecule has 0 spiro atoms. The number of carboxylic acids is 1. The lowest BCUT2D eigenvalue weighted by Crippen LogP contribution is -2.03. The smallest absolute Gasteiger partial charge is 0.336 e. The summed E-state index contributed by atoms with van der Waals surface area (Å²) in [6.45, 7) is 0. The molecule has 0 saturated carbocycles. The molecule has 7 heteroatoms. The van der Waals surface area contributed by atoms with Crippen LogP contribution in [-0.4, -0.2) is 21.0 Å². The molecule has 0 amide bonds. The van der Waals surface area contributed by atoms with E-state index in [4.69, 9.17) is 5.11 Å². The lowest BCUT2D eigenvalue weighted by atomic mass is 10.2. The second-order valence-electron chi connectivity index (χ2n) is 3.30. The van der Waals surface area contributed by atoms with Crippen LogP contribution >= 0.6 is 27.7 Å². The third-order valence-corrected chi connectivity index (χ3v) is 3.66. The fourth-order valence-electron chi connectivity index (χ4n) is 1.26. The number of nitrogens with one attached hydrogen (secondary N) is 1. The number of halogens is 1. The first kappa shape index (κ1) is 12.8. The van der Waals surface area contributed by atoms with Crippen molar-refractivity contribution in [3.8, 4) is 0 Å². The van der Waals surface area contributed by atoms with Gasteiger partial charge in [0.15, 0.2) is 0 Å². The molecule has 5 nitrogen and oxygen atoms in total. The van der Waals surface area contributed by atoms with Crippen molar-refractivity contribution >= 4 is 33.7 Å². The highest BCUT2D eigenvalue weighted by molar-refractivity contribution is 9.10. The first-order valence-corrected chi connectivity index (χ1v) is 6.42. The van der Waals surface area contributed by atoms with Gasteiger partial charge in [0.25, 0.3) is 5.56 Å². The van der Waals surface area contributed by atoms with Gasteiger partial charge in [-0.2, -0.15) is 0 Å². The Morgan fingerprint density at radius 2 is 2.17 bits per heavy atom. The summed E-state index contributed by atoms with van der Waals surface area (Å²) in [6.07, 6.45) is 1.31. The number of aromatic carboxylic acids is 1. The Bertz CT molecular complexity index is 657. The van der Waals surface area contributed by atoms with E-state index in [0.717, 1.165) is 0 Å². The van der Waals surface area contributed by atoms with E-state index in [9.17, 15) is 9.59 Å². The number of benzene rings is 1. The van der Waals surface area contributed by atoms with Crippen LogP contribution in [0.1, 0.15) is 10.4 Å². The number of rotatable bonds is 3. The van der Waals surface area contributed by atoms with Crippen molar-refractivity contribution in [2.24, 2.45) is 0 Å². The topological polar surface area (TPSA) is 83.0 Å². The van der Waals surface area contributed by atoms with Gasteiger partial charge < -0.3 is 10.1 Å². The van der Waals surface area contributed by atoms with E-state index in [1.807, 2.05) is 0 Å². The third kappa shape index (κ3) is 2.99. The Labute approximate surface area is 114 Å². The fraction of sp³-hybridized carbons (Fsp3) is 0. The summed E-state index contributed by atoms with van der Waals surface area (Å²) in [6, 6.07) is 6.29. The summed E-state index contributed by atoms with van der Waals surface area (Å²) < 4.78 is 0.512. The first-order chi connectivity index (χ1) is 8.56. The van der Waals surface area contributed by atoms with Gasteiger partial charge in [-0.15, -0.1) is 0 Å². The zero-order valence-corrected chi connectivity index (χ0v) is 11.3. The van der Waals surface area contributed by atoms with Gasteiger partial charge in [0, 0.05) is 15.4 Å². The van der Waals surface area contributed by atoms with E-state index >= 15 is 0 Å². The second kappa shape index (κ2) is 5.36. The van der Waals surface area contributed by atoms with Crippen molar-refractivity contribution in [3.63, 3.8) is 0 Å². The van der Waals surface area contributed by atoms with E-state index in [0.29, 0.717) is 14.4 Å². The number of nitrogens with zero attached hydrogens (tertiary/aromatic N) is 1. The molecule has 18 heavy (non-hydrogen) atoms. The van der Waals surface area contributed by atoms with Gasteiger partial charge in [0.2, 0.25) is 0 Å². The Morgan fingerprint density at radius 1 is 1.39 bits per heavy atom. The predicted molar refractivity (Wildman–Crippen MR) is 70.1 cm³/mol. The molecule has 1 aromatic heterocycles. The Hall–Kier alpha value is -1.60. The van der Waals surface area contributed by atoms with E-state index in [2.05, 4.69) is 25.9 Å². The maximum absolute atomic E-state index is 11.1. The van der Waals surface area contributed by atoms with Gasteiger partial charge in [-0.25, -0.2) is 9.78 Å². The average molecular weight is 327 g/mol. The molecule has 0 unspecified atom stereocenters. The number of carbonyl (C=O) groups is 1. The Morgan fingerprint density at radius 3 is 2.83 bits per heavy atom. The van der Waals surface area contributed by atoms with Crippen molar-refractivity contribution in [1.29, 1.82) is 0 Å². The van der Waals surface area contributed by atoms with Crippen LogP contribution in [0.4, 0.5) is 0 Å². The van der Waals surface area contributed by atoms with Gasteiger partial charge in [-0.3, -0.25) is 4.79 Å². The molecule has 0 aliphatic rings. The lowest BCUT2D eigenvalue weighted by Gasteiger charge is -2.03. The summed E-state index contributed by atoms with van der Waals surface area (Å²) in [5, 5.41) is 9.50. The van der Waals surface area contributed by atoms with E-state index in [-0.39, 0.29) is 11.1 Å². The SMILES string of the molecule is O=C(O)c1cc(Sc2cc(=O)[nH]cn2)ccc1Br. The van der Waals surface area contributed by atoms with Crippen molar-refractivity contribution < 1.29 is 9.90 Å². The highest BCUT2D eigenvalue weighted by atomic mass is 79.9.